The average Bonchev–Trinajstić information content (AvgIpc) is 3.52. The molecule has 9 nitrogen and oxygen atoms in total. The lowest BCUT2D eigenvalue weighted by Crippen LogP contribution is -2.20. The highest BCUT2D eigenvalue weighted by molar-refractivity contribution is 5.99. The molecular weight excluding hydrogens is 510 g/mol. The molecule has 1 fully saturated rings. The molecule has 0 unspecified atom stereocenters. The Kier molecular flexibility index (Phi) is 6.31. The van der Waals surface area contributed by atoms with Gasteiger partial charge in [-0.15, -0.1) is 5.10 Å². The van der Waals surface area contributed by atoms with Crippen LogP contribution in [0.1, 0.15) is 69.0 Å². The number of fused-ring (bicyclic) bond motifs is 2. The Labute approximate surface area is 238 Å². The predicted octanol–water partition coefficient (Wildman–Crippen LogP) is 6.29. The minimum Gasteiger partial charge on any atom is -0.383 e. The van der Waals surface area contributed by atoms with Crippen LogP contribution >= 0.6 is 0 Å². The third kappa shape index (κ3) is 5.03. The predicted molar refractivity (Wildman–Crippen MR) is 159 cm³/mol. The molecule has 0 amide bonds. The van der Waals surface area contributed by atoms with E-state index in [4.69, 9.17) is 0 Å². The number of nitriles is 2. The summed E-state index contributed by atoms with van der Waals surface area (Å²) in [6.07, 6.45) is 9.33. The number of nitrogens with one attached hydrogen (secondary N) is 2. The van der Waals surface area contributed by atoms with Crippen molar-refractivity contribution in [1.29, 1.82) is 10.5 Å². The van der Waals surface area contributed by atoms with Gasteiger partial charge in [-0.1, -0.05) is 44.2 Å². The van der Waals surface area contributed by atoms with Gasteiger partial charge in [0.15, 0.2) is 0 Å². The van der Waals surface area contributed by atoms with Crippen molar-refractivity contribution in [3.63, 3.8) is 0 Å². The van der Waals surface area contributed by atoms with E-state index < -0.39 is 0 Å². The summed E-state index contributed by atoms with van der Waals surface area (Å²) < 4.78 is 1.96. The maximum Gasteiger partial charge on any atom is 0.110 e. The summed E-state index contributed by atoms with van der Waals surface area (Å²) in [6.45, 7) is 9.22. The molecule has 0 saturated heterocycles. The highest BCUT2D eigenvalue weighted by Gasteiger charge is 2.41. The average molecular weight is 542 g/mol. The van der Waals surface area contributed by atoms with Crippen molar-refractivity contribution in [2.45, 2.75) is 52.1 Å². The van der Waals surface area contributed by atoms with Crippen molar-refractivity contribution in [1.82, 2.24) is 25.0 Å². The molecule has 41 heavy (non-hydrogen) atoms. The molecule has 0 spiro atoms. The molecule has 3 heterocycles. The standard InChI is InChI=1S/C32H31N9/c1-31(2,3)19-37-29-22(15-34)17-36-28-21(14-33)12-23(13-26(28)29)38-30(27-18-41(40-39-27)32(4)9-10-32)25-7-5-6-20-16-35-11-8-24(20)25/h5-8,11-13,16-18,30,38H,9-10,19H2,1-4H3,(H,36,37)/t30-/m0/s1. The number of pyridine rings is 2. The molecular formula is C32H31N9. The van der Waals surface area contributed by atoms with Gasteiger partial charge >= 0.3 is 0 Å². The Balaban J connectivity index is 1.51. The lowest BCUT2D eigenvalue weighted by molar-refractivity contribution is 0.443. The molecule has 2 aromatic carbocycles. The highest BCUT2D eigenvalue weighted by atomic mass is 15.5. The van der Waals surface area contributed by atoms with Crippen LogP contribution < -0.4 is 10.6 Å². The molecule has 1 aliphatic rings. The second-order valence-corrected chi connectivity index (χ2v) is 12.2. The van der Waals surface area contributed by atoms with Gasteiger partial charge in [0.2, 0.25) is 0 Å². The number of hydrogen-bond acceptors (Lipinski definition) is 8. The first kappa shape index (κ1) is 26.2. The topological polar surface area (TPSA) is 128 Å². The fourth-order valence-electron chi connectivity index (χ4n) is 5.06. The van der Waals surface area contributed by atoms with E-state index in [1.54, 1.807) is 12.3 Å². The van der Waals surface area contributed by atoms with Crippen LogP contribution in [0.2, 0.25) is 0 Å². The van der Waals surface area contributed by atoms with E-state index in [0.717, 1.165) is 34.9 Å². The molecule has 3 aromatic heterocycles. The van der Waals surface area contributed by atoms with Gasteiger partial charge in [-0.05, 0) is 54.3 Å². The van der Waals surface area contributed by atoms with Gasteiger partial charge < -0.3 is 10.6 Å². The molecule has 0 aliphatic heterocycles. The van der Waals surface area contributed by atoms with E-state index in [1.807, 2.05) is 41.3 Å². The van der Waals surface area contributed by atoms with Gasteiger partial charge in [0.05, 0.1) is 40.1 Å². The number of benzene rings is 2. The van der Waals surface area contributed by atoms with Crippen LogP contribution in [-0.4, -0.2) is 31.5 Å². The summed E-state index contributed by atoms with van der Waals surface area (Å²) in [6, 6.07) is 16.1. The number of hydrogen-bond donors (Lipinski definition) is 2. The molecule has 5 aromatic rings. The summed E-state index contributed by atoms with van der Waals surface area (Å²) in [5.74, 6) is 0. The Morgan fingerprint density at radius 2 is 1.85 bits per heavy atom. The second-order valence-electron chi connectivity index (χ2n) is 12.2. The molecule has 9 heteroatoms. The Morgan fingerprint density at radius 3 is 2.59 bits per heavy atom. The fraction of sp³-hybridized carbons (Fsp3) is 0.312. The van der Waals surface area contributed by atoms with Gasteiger partial charge in [0.25, 0.3) is 0 Å². The van der Waals surface area contributed by atoms with Crippen molar-refractivity contribution < 1.29 is 0 Å². The summed E-state index contributed by atoms with van der Waals surface area (Å²) >= 11 is 0. The smallest absolute Gasteiger partial charge is 0.110 e. The van der Waals surface area contributed by atoms with E-state index in [9.17, 15) is 10.5 Å². The quantitative estimate of drug-likeness (QED) is 0.246. The van der Waals surface area contributed by atoms with Gasteiger partial charge in [-0.25, -0.2) is 4.68 Å². The zero-order valence-electron chi connectivity index (χ0n) is 23.6. The summed E-state index contributed by atoms with van der Waals surface area (Å²) in [7, 11) is 0. The fourth-order valence-corrected chi connectivity index (χ4v) is 5.06. The largest absolute Gasteiger partial charge is 0.383 e. The van der Waals surface area contributed by atoms with E-state index in [1.165, 1.54) is 6.20 Å². The Bertz CT molecular complexity index is 1860. The van der Waals surface area contributed by atoms with Crippen molar-refractivity contribution in [3.05, 3.63) is 83.6 Å². The molecule has 0 bridgehead atoms. The molecule has 1 aliphatic carbocycles. The van der Waals surface area contributed by atoms with E-state index in [0.29, 0.717) is 39.9 Å². The molecule has 0 radical (unpaired) electrons. The van der Waals surface area contributed by atoms with Crippen molar-refractivity contribution >= 4 is 33.1 Å². The maximum absolute atomic E-state index is 10.1. The summed E-state index contributed by atoms with van der Waals surface area (Å²) in [4.78, 5) is 8.80. The van der Waals surface area contributed by atoms with Crippen LogP contribution in [0.4, 0.5) is 11.4 Å². The lowest BCUT2D eigenvalue weighted by atomic mass is 9.96. The molecule has 2 N–H and O–H groups in total. The summed E-state index contributed by atoms with van der Waals surface area (Å²) in [5, 5.41) is 39.0. The normalized spacial score (nSPS) is 14.8. The van der Waals surface area contributed by atoms with E-state index in [-0.39, 0.29) is 17.0 Å². The van der Waals surface area contributed by atoms with Crippen LogP contribution in [-0.2, 0) is 5.54 Å². The monoisotopic (exact) mass is 541 g/mol. The number of anilines is 2. The molecule has 204 valence electrons. The van der Waals surface area contributed by atoms with E-state index >= 15 is 0 Å². The minimum atomic E-state index is -0.362. The first-order chi connectivity index (χ1) is 19.7. The van der Waals surface area contributed by atoms with Crippen molar-refractivity contribution in [3.8, 4) is 12.1 Å². The minimum absolute atomic E-state index is 0.00237. The molecule has 1 atom stereocenters. The number of rotatable bonds is 7. The van der Waals surface area contributed by atoms with Crippen LogP contribution in [0.5, 0.6) is 0 Å². The first-order valence-corrected chi connectivity index (χ1v) is 13.7. The van der Waals surface area contributed by atoms with Gasteiger partial charge in [0.1, 0.15) is 17.8 Å². The molecule has 6 rings (SSSR count). The first-order valence-electron chi connectivity index (χ1n) is 13.7. The van der Waals surface area contributed by atoms with Crippen LogP contribution in [0, 0.1) is 28.1 Å². The van der Waals surface area contributed by atoms with Gasteiger partial charge in [0, 0.05) is 41.6 Å². The SMILES string of the molecule is CC(C)(C)CNc1c(C#N)cnc2c(C#N)cc(N[C@H](c3cn(C4(C)CC4)nn3)c3cccc4cnccc34)cc12. The van der Waals surface area contributed by atoms with Gasteiger partial charge in [-0.2, -0.15) is 10.5 Å². The van der Waals surface area contributed by atoms with Crippen molar-refractivity contribution in [2.75, 3.05) is 17.2 Å². The van der Waals surface area contributed by atoms with Gasteiger partial charge in [-0.3, -0.25) is 9.97 Å². The Hall–Kier alpha value is -5.02. The third-order valence-electron chi connectivity index (χ3n) is 7.68. The highest BCUT2D eigenvalue weighted by Crippen LogP contribution is 2.43. The zero-order valence-corrected chi connectivity index (χ0v) is 23.6. The number of aromatic nitrogens is 5. The second kappa shape index (κ2) is 9.87. The zero-order chi connectivity index (χ0) is 28.8. The van der Waals surface area contributed by atoms with Crippen LogP contribution in [0.15, 0.2) is 61.2 Å². The number of nitrogens with zero attached hydrogens (tertiary/aromatic N) is 7. The van der Waals surface area contributed by atoms with Crippen LogP contribution in [0.3, 0.4) is 0 Å². The maximum atomic E-state index is 10.1. The Morgan fingerprint density at radius 1 is 1.05 bits per heavy atom. The summed E-state index contributed by atoms with van der Waals surface area (Å²) in [5.41, 5.74) is 4.57. The molecule has 1 saturated carbocycles. The van der Waals surface area contributed by atoms with Crippen LogP contribution in [0.25, 0.3) is 21.7 Å². The lowest BCUT2D eigenvalue weighted by Gasteiger charge is -2.23. The third-order valence-corrected chi connectivity index (χ3v) is 7.68. The van der Waals surface area contributed by atoms with E-state index in [2.05, 4.69) is 76.8 Å². The van der Waals surface area contributed by atoms with Crippen molar-refractivity contribution in [2.24, 2.45) is 5.41 Å².